The van der Waals surface area contributed by atoms with E-state index in [1.807, 2.05) is 0 Å². The number of carbonyl (C=O) groups excluding carboxylic acids is 1. The maximum atomic E-state index is 10.2. The van der Waals surface area contributed by atoms with E-state index in [2.05, 4.69) is 4.99 Å². The summed E-state index contributed by atoms with van der Waals surface area (Å²) in [6, 6.07) is 5.18. The van der Waals surface area contributed by atoms with Crippen molar-refractivity contribution in [3.05, 3.63) is 18.2 Å². The molecule has 0 bridgehead atoms. The summed E-state index contributed by atoms with van der Waals surface area (Å²) in [5, 5.41) is 0. The van der Waals surface area contributed by atoms with Crippen molar-refractivity contribution in [2.45, 2.75) is 31.8 Å². The second-order valence-electron chi connectivity index (χ2n) is 4.06. The molecule has 1 aliphatic carbocycles. The van der Waals surface area contributed by atoms with Gasteiger partial charge in [0, 0.05) is 6.07 Å². The van der Waals surface area contributed by atoms with Gasteiger partial charge in [0.25, 0.3) is 0 Å². The van der Waals surface area contributed by atoms with Crippen molar-refractivity contribution >= 4 is 11.8 Å². The van der Waals surface area contributed by atoms with Crippen molar-refractivity contribution in [3.8, 4) is 11.5 Å². The predicted octanol–water partition coefficient (Wildman–Crippen LogP) is 2.98. The van der Waals surface area contributed by atoms with E-state index in [4.69, 9.17) is 9.47 Å². The van der Waals surface area contributed by atoms with E-state index in [0.29, 0.717) is 17.2 Å². The molecular formula is C13H15NO3. The first-order chi connectivity index (χ1) is 8.33. The monoisotopic (exact) mass is 233 g/mol. The van der Waals surface area contributed by atoms with Crippen LogP contribution in [0.3, 0.4) is 0 Å². The first kappa shape index (κ1) is 11.7. The van der Waals surface area contributed by atoms with E-state index in [1.54, 1.807) is 25.3 Å². The minimum Gasteiger partial charge on any atom is -0.493 e. The molecule has 1 fully saturated rings. The smallest absolute Gasteiger partial charge is 0.240 e. The lowest BCUT2D eigenvalue weighted by molar-refractivity contribution is 0.201. The lowest BCUT2D eigenvalue weighted by Gasteiger charge is -2.15. The highest BCUT2D eigenvalue weighted by molar-refractivity contribution is 5.55. The Morgan fingerprint density at radius 3 is 2.71 bits per heavy atom. The number of rotatable bonds is 4. The van der Waals surface area contributed by atoms with Crippen LogP contribution in [0.5, 0.6) is 11.5 Å². The van der Waals surface area contributed by atoms with E-state index in [0.717, 1.165) is 12.8 Å². The molecule has 1 aromatic carbocycles. The minimum absolute atomic E-state index is 0.282. The number of aliphatic imine (C=N–C) groups is 1. The van der Waals surface area contributed by atoms with Crippen LogP contribution >= 0.6 is 0 Å². The van der Waals surface area contributed by atoms with E-state index in [9.17, 15) is 4.79 Å². The zero-order valence-corrected chi connectivity index (χ0v) is 9.81. The molecule has 4 heteroatoms. The molecule has 0 aliphatic heterocycles. The molecule has 0 atom stereocenters. The molecular weight excluding hydrogens is 218 g/mol. The summed E-state index contributed by atoms with van der Waals surface area (Å²) in [4.78, 5) is 13.7. The minimum atomic E-state index is 0.282. The number of isocyanates is 1. The van der Waals surface area contributed by atoms with E-state index >= 15 is 0 Å². The fourth-order valence-corrected chi connectivity index (χ4v) is 2.06. The summed E-state index contributed by atoms with van der Waals surface area (Å²) in [5.74, 6) is 1.32. The van der Waals surface area contributed by atoms with Crippen LogP contribution in [0, 0.1) is 0 Å². The quantitative estimate of drug-likeness (QED) is 0.593. The third kappa shape index (κ3) is 2.86. The molecule has 1 aliphatic rings. The maximum Gasteiger partial charge on any atom is 0.240 e. The summed E-state index contributed by atoms with van der Waals surface area (Å²) in [6.07, 6.45) is 6.42. The highest BCUT2D eigenvalue weighted by Gasteiger charge is 2.18. The van der Waals surface area contributed by atoms with Crippen molar-refractivity contribution in [1.82, 2.24) is 0 Å². The zero-order valence-electron chi connectivity index (χ0n) is 9.81. The number of ether oxygens (including phenoxy) is 2. The van der Waals surface area contributed by atoms with Gasteiger partial charge in [-0.3, -0.25) is 0 Å². The van der Waals surface area contributed by atoms with Gasteiger partial charge in [-0.2, -0.15) is 4.99 Å². The predicted molar refractivity (Wildman–Crippen MR) is 63.7 cm³/mol. The average Bonchev–Trinajstić information content (AvgIpc) is 2.84. The molecule has 0 spiro atoms. The van der Waals surface area contributed by atoms with Crippen LogP contribution in [0.2, 0.25) is 0 Å². The summed E-state index contributed by atoms with van der Waals surface area (Å²) in [5.41, 5.74) is 0.524. The van der Waals surface area contributed by atoms with Gasteiger partial charge in [0.05, 0.1) is 18.9 Å². The Balaban J connectivity index is 2.17. The van der Waals surface area contributed by atoms with Gasteiger partial charge in [-0.15, -0.1) is 0 Å². The molecule has 0 saturated heterocycles. The van der Waals surface area contributed by atoms with Crippen LogP contribution in [0.1, 0.15) is 25.7 Å². The number of nitrogens with zero attached hydrogens (tertiary/aromatic N) is 1. The molecule has 0 unspecified atom stereocenters. The molecule has 1 saturated carbocycles. The number of methoxy groups -OCH3 is 1. The Hall–Kier alpha value is -1.80. The van der Waals surface area contributed by atoms with Crippen LogP contribution in [-0.2, 0) is 4.79 Å². The third-order valence-electron chi connectivity index (χ3n) is 2.92. The molecule has 0 amide bonds. The standard InChI is InChI=1S/C13H15NO3/c1-16-13-8-10(14-9-15)6-7-12(13)17-11-4-2-3-5-11/h6-8,11H,2-5H2,1H3. The second kappa shape index (κ2) is 5.51. The third-order valence-corrected chi connectivity index (χ3v) is 2.92. The fraction of sp³-hybridized carbons (Fsp3) is 0.462. The molecule has 1 aromatic rings. The first-order valence-corrected chi connectivity index (χ1v) is 5.76. The number of hydrogen-bond donors (Lipinski definition) is 0. The van der Waals surface area contributed by atoms with Crippen LogP contribution < -0.4 is 9.47 Å². The van der Waals surface area contributed by atoms with Crippen LogP contribution in [0.4, 0.5) is 5.69 Å². The van der Waals surface area contributed by atoms with E-state index < -0.39 is 0 Å². The van der Waals surface area contributed by atoms with Gasteiger partial charge in [-0.05, 0) is 37.8 Å². The Kier molecular flexibility index (Phi) is 3.78. The topological polar surface area (TPSA) is 47.9 Å². The van der Waals surface area contributed by atoms with Gasteiger partial charge in [0.2, 0.25) is 6.08 Å². The van der Waals surface area contributed by atoms with Crippen molar-refractivity contribution in [1.29, 1.82) is 0 Å². The molecule has 0 heterocycles. The normalized spacial score (nSPS) is 15.4. The molecule has 0 aromatic heterocycles. The van der Waals surface area contributed by atoms with Crippen molar-refractivity contribution in [3.63, 3.8) is 0 Å². The van der Waals surface area contributed by atoms with Crippen LogP contribution in [0.15, 0.2) is 23.2 Å². The largest absolute Gasteiger partial charge is 0.493 e. The Morgan fingerprint density at radius 1 is 1.29 bits per heavy atom. The lowest BCUT2D eigenvalue weighted by Crippen LogP contribution is -2.11. The van der Waals surface area contributed by atoms with Crippen LogP contribution in [-0.4, -0.2) is 19.3 Å². The van der Waals surface area contributed by atoms with E-state index in [-0.39, 0.29) is 6.10 Å². The highest BCUT2D eigenvalue weighted by Crippen LogP contribution is 2.34. The van der Waals surface area contributed by atoms with Gasteiger partial charge in [-0.1, -0.05) is 0 Å². The van der Waals surface area contributed by atoms with Gasteiger partial charge in [0.1, 0.15) is 0 Å². The maximum absolute atomic E-state index is 10.2. The Bertz CT molecular complexity index is 432. The van der Waals surface area contributed by atoms with Crippen LogP contribution in [0.25, 0.3) is 0 Å². The average molecular weight is 233 g/mol. The second-order valence-corrected chi connectivity index (χ2v) is 4.06. The summed E-state index contributed by atoms with van der Waals surface area (Å²) in [6.45, 7) is 0. The fourth-order valence-electron chi connectivity index (χ4n) is 2.06. The molecule has 4 nitrogen and oxygen atoms in total. The lowest BCUT2D eigenvalue weighted by atomic mass is 10.2. The van der Waals surface area contributed by atoms with E-state index in [1.165, 1.54) is 18.9 Å². The SMILES string of the molecule is COc1cc(N=C=O)ccc1OC1CCCC1. The summed E-state index contributed by atoms with van der Waals surface area (Å²) >= 11 is 0. The van der Waals surface area contributed by atoms with Gasteiger partial charge >= 0.3 is 0 Å². The molecule has 0 N–H and O–H groups in total. The van der Waals surface area contributed by atoms with Crippen molar-refractivity contribution in [2.75, 3.05) is 7.11 Å². The van der Waals surface area contributed by atoms with Gasteiger partial charge in [-0.25, -0.2) is 4.79 Å². The van der Waals surface area contributed by atoms with Crippen molar-refractivity contribution < 1.29 is 14.3 Å². The Morgan fingerprint density at radius 2 is 2.06 bits per heavy atom. The zero-order chi connectivity index (χ0) is 12.1. The number of benzene rings is 1. The molecule has 17 heavy (non-hydrogen) atoms. The molecule has 2 rings (SSSR count). The van der Waals surface area contributed by atoms with Gasteiger partial charge in [0.15, 0.2) is 11.5 Å². The number of hydrogen-bond acceptors (Lipinski definition) is 4. The Labute approximate surface area is 100 Å². The summed E-state index contributed by atoms with van der Waals surface area (Å²) < 4.78 is 11.1. The van der Waals surface area contributed by atoms with Gasteiger partial charge < -0.3 is 9.47 Å². The molecule has 90 valence electrons. The highest BCUT2D eigenvalue weighted by atomic mass is 16.5. The van der Waals surface area contributed by atoms with Crippen molar-refractivity contribution in [2.24, 2.45) is 4.99 Å². The summed E-state index contributed by atoms with van der Waals surface area (Å²) in [7, 11) is 1.57. The molecule has 0 radical (unpaired) electrons. The first-order valence-electron chi connectivity index (χ1n) is 5.76.